The number of aryl methyl sites for hydroxylation is 1. The van der Waals surface area contributed by atoms with E-state index in [9.17, 15) is 4.79 Å². The van der Waals surface area contributed by atoms with Crippen molar-refractivity contribution in [2.45, 2.75) is 20.3 Å². The van der Waals surface area contributed by atoms with Gasteiger partial charge in [-0.1, -0.05) is 0 Å². The highest BCUT2D eigenvalue weighted by Gasteiger charge is 2.10. The Morgan fingerprint density at radius 2 is 2.14 bits per heavy atom. The van der Waals surface area contributed by atoms with Gasteiger partial charge in [0.05, 0.1) is 0 Å². The van der Waals surface area contributed by atoms with Crippen LogP contribution in [0.25, 0.3) is 0 Å². The minimum atomic E-state index is -0.316. The lowest BCUT2D eigenvalue weighted by molar-refractivity contribution is 0.915. The number of H-pyrrole nitrogens is 1. The number of nitrogens with one attached hydrogen (secondary N) is 1. The van der Waals surface area contributed by atoms with Crippen LogP contribution in [-0.2, 0) is 6.42 Å². The van der Waals surface area contributed by atoms with Crippen LogP contribution in [0.5, 0.6) is 0 Å². The summed E-state index contributed by atoms with van der Waals surface area (Å²) >= 11 is 0. The topological polar surface area (TPSA) is 82.7 Å². The van der Waals surface area contributed by atoms with Crippen molar-refractivity contribution in [3.8, 4) is 6.07 Å². The smallest absolute Gasteiger partial charge is 0.266 e. The molecule has 3 N–H and O–H groups in total. The normalized spacial score (nSPS) is 9.86. The van der Waals surface area contributed by atoms with Crippen LogP contribution in [0.4, 0.5) is 0 Å². The molecule has 1 aromatic heterocycles. The Labute approximate surface area is 82.4 Å². The first kappa shape index (κ1) is 10.5. The van der Waals surface area contributed by atoms with Crippen molar-refractivity contribution in [1.82, 2.24) is 4.98 Å². The van der Waals surface area contributed by atoms with E-state index >= 15 is 0 Å². The third-order valence-electron chi connectivity index (χ3n) is 2.31. The highest BCUT2D eigenvalue weighted by molar-refractivity contribution is 5.42. The van der Waals surface area contributed by atoms with Crippen molar-refractivity contribution < 1.29 is 0 Å². The summed E-state index contributed by atoms with van der Waals surface area (Å²) in [6.45, 7) is 4.12. The summed E-state index contributed by atoms with van der Waals surface area (Å²) in [5.41, 5.74) is 7.86. The molecule has 0 fully saturated rings. The van der Waals surface area contributed by atoms with Crippen molar-refractivity contribution in [2.24, 2.45) is 5.73 Å². The Morgan fingerprint density at radius 3 is 2.64 bits per heavy atom. The van der Waals surface area contributed by atoms with Gasteiger partial charge < -0.3 is 10.7 Å². The molecule has 0 aliphatic carbocycles. The lowest BCUT2D eigenvalue weighted by Gasteiger charge is -2.08. The number of aromatic amines is 1. The standard InChI is InChI=1S/C10H13N3O/c1-6-8(3-4-11)7(2)13-10(14)9(6)5-12/h3-4,11H2,1-2H3,(H,13,14). The zero-order chi connectivity index (χ0) is 10.7. The number of nitriles is 1. The number of pyridine rings is 1. The van der Waals surface area contributed by atoms with Gasteiger partial charge in [-0.3, -0.25) is 4.79 Å². The fourth-order valence-electron chi connectivity index (χ4n) is 1.56. The van der Waals surface area contributed by atoms with E-state index in [1.165, 1.54) is 0 Å². The zero-order valence-electron chi connectivity index (χ0n) is 8.35. The molecule has 1 aromatic rings. The molecule has 0 aliphatic rings. The lowest BCUT2D eigenvalue weighted by Crippen LogP contribution is -2.18. The van der Waals surface area contributed by atoms with Gasteiger partial charge in [0.15, 0.2) is 0 Å². The van der Waals surface area contributed by atoms with Crippen LogP contribution in [0.3, 0.4) is 0 Å². The molecule has 1 heterocycles. The maximum Gasteiger partial charge on any atom is 0.266 e. The number of rotatable bonds is 2. The Kier molecular flexibility index (Phi) is 3.05. The van der Waals surface area contributed by atoms with E-state index in [0.29, 0.717) is 13.0 Å². The van der Waals surface area contributed by atoms with Crippen LogP contribution in [0.15, 0.2) is 4.79 Å². The monoisotopic (exact) mass is 191 g/mol. The molecule has 0 saturated heterocycles. The van der Waals surface area contributed by atoms with Crippen LogP contribution < -0.4 is 11.3 Å². The molecule has 0 spiro atoms. The summed E-state index contributed by atoms with van der Waals surface area (Å²) in [6, 6.07) is 1.90. The van der Waals surface area contributed by atoms with Crippen molar-refractivity contribution >= 4 is 0 Å². The van der Waals surface area contributed by atoms with Gasteiger partial charge in [0.2, 0.25) is 0 Å². The van der Waals surface area contributed by atoms with E-state index < -0.39 is 0 Å². The maximum atomic E-state index is 11.3. The van der Waals surface area contributed by atoms with E-state index in [4.69, 9.17) is 11.0 Å². The third kappa shape index (κ3) is 1.68. The van der Waals surface area contributed by atoms with Gasteiger partial charge in [0.1, 0.15) is 11.6 Å². The Morgan fingerprint density at radius 1 is 1.50 bits per heavy atom. The summed E-state index contributed by atoms with van der Waals surface area (Å²) in [5.74, 6) is 0. The van der Waals surface area contributed by atoms with Gasteiger partial charge in [-0.15, -0.1) is 0 Å². The van der Waals surface area contributed by atoms with E-state index in [1.54, 1.807) is 6.92 Å². The largest absolute Gasteiger partial charge is 0.330 e. The SMILES string of the molecule is Cc1[nH]c(=O)c(C#N)c(C)c1CCN. The summed E-state index contributed by atoms with van der Waals surface area (Å²) < 4.78 is 0. The summed E-state index contributed by atoms with van der Waals surface area (Å²) in [7, 11) is 0. The first-order valence-corrected chi connectivity index (χ1v) is 4.44. The summed E-state index contributed by atoms with van der Waals surface area (Å²) in [6.07, 6.45) is 0.684. The molecule has 0 bridgehead atoms. The van der Waals surface area contributed by atoms with Crippen LogP contribution >= 0.6 is 0 Å². The van der Waals surface area contributed by atoms with Crippen molar-refractivity contribution in [2.75, 3.05) is 6.54 Å². The fourth-order valence-corrected chi connectivity index (χ4v) is 1.56. The molecule has 4 heteroatoms. The van der Waals surface area contributed by atoms with Gasteiger partial charge in [-0.05, 0) is 37.9 Å². The van der Waals surface area contributed by atoms with Crippen LogP contribution in [0, 0.1) is 25.2 Å². The van der Waals surface area contributed by atoms with E-state index in [1.807, 2.05) is 13.0 Å². The third-order valence-corrected chi connectivity index (χ3v) is 2.31. The molecule has 0 radical (unpaired) electrons. The summed E-state index contributed by atoms with van der Waals surface area (Å²) in [4.78, 5) is 14.0. The molecular formula is C10H13N3O. The second kappa shape index (κ2) is 4.07. The maximum absolute atomic E-state index is 11.3. The average Bonchev–Trinajstić information content (AvgIpc) is 2.12. The van der Waals surface area contributed by atoms with Crippen LogP contribution in [0.1, 0.15) is 22.4 Å². The molecule has 0 aliphatic heterocycles. The summed E-state index contributed by atoms with van der Waals surface area (Å²) in [5, 5.41) is 8.78. The number of aromatic nitrogens is 1. The molecular weight excluding hydrogens is 178 g/mol. The molecule has 0 saturated carbocycles. The molecule has 0 atom stereocenters. The highest BCUT2D eigenvalue weighted by atomic mass is 16.1. The van der Waals surface area contributed by atoms with Gasteiger partial charge in [-0.2, -0.15) is 5.26 Å². The first-order valence-electron chi connectivity index (χ1n) is 4.44. The Hall–Kier alpha value is -1.60. The Bertz CT molecular complexity index is 440. The number of nitrogens with two attached hydrogens (primary N) is 1. The van der Waals surface area contributed by atoms with Gasteiger partial charge in [0.25, 0.3) is 5.56 Å². The molecule has 0 amide bonds. The Balaban J connectivity index is 3.46. The molecule has 0 unspecified atom stereocenters. The number of nitrogens with zero attached hydrogens (tertiary/aromatic N) is 1. The number of hydrogen-bond acceptors (Lipinski definition) is 3. The molecule has 4 nitrogen and oxygen atoms in total. The number of hydrogen-bond donors (Lipinski definition) is 2. The average molecular weight is 191 g/mol. The molecule has 74 valence electrons. The zero-order valence-corrected chi connectivity index (χ0v) is 8.35. The van der Waals surface area contributed by atoms with E-state index in [0.717, 1.165) is 16.8 Å². The second-order valence-corrected chi connectivity index (χ2v) is 3.21. The molecule has 1 rings (SSSR count). The minimum absolute atomic E-state index is 0.194. The lowest BCUT2D eigenvalue weighted by atomic mass is 10.0. The quantitative estimate of drug-likeness (QED) is 0.708. The van der Waals surface area contributed by atoms with Crippen LogP contribution in [0.2, 0.25) is 0 Å². The van der Waals surface area contributed by atoms with E-state index in [2.05, 4.69) is 4.98 Å². The van der Waals surface area contributed by atoms with Gasteiger partial charge >= 0.3 is 0 Å². The van der Waals surface area contributed by atoms with Crippen molar-refractivity contribution in [1.29, 1.82) is 5.26 Å². The second-order valence-electron chi connectivity index (χ2n) is 3.21. The fraction of sp³-hybridized carbons (Fsp3) is 0.400. The van der Waals surface area contributed by atoms with Gasteiger partial charge in [0, 0.05) is 5.69 Å². The predicted octanol–water partition coefficient (Wildman–Crippen LogP) is 0.365. The molecule has 0 aromatic carbocycles. The van der Waals surface area contributed by atoms with Crippen molar-refractivity contribution in [3.05, 3.63) is 32.7 Å². The highest BCUT2D eigenvalue weighted by Crippen LogP contribution is 2.12. The van der Waals surface area contributed by atoms with Crippen LogP contribution in [-0.4, -0.2) is 11.5 Å². The van der Waals surface area contributed by atoms with Gasteiger partial charge in [-0.25, -0.2) is 0 Å². The predicted molar refractivity (Wildman–Crippen MR) is 54.0 cm³/mol. The van der Waals surface area contributed by atoms with E-state index in [-0.39, 0.29) is 11.1 Å². The van der Waals surface area contributed by atoms with Crippen molar-refractivity contribution in [3.63, 3.8) is 0 Å². The molecule has 14 heavy (non-hydrogen) atoms. The minimum Gasteiger partial charge on any atom is -0.330 e. The first-order chi connectivity index (χ1) is 6.61.